The zero-order valence-electron chi connectivity index (χ0n) is 11.1. The third-order valence-corrected chi connectivity index (χ3v) is 4.02. The van der Waals surface area contributed by atoms with Gasteiger partial charge in [-0.1, -0.05) is 6.42 Å². The maximum absolute atomic E-state index is 12.1. The number of hydrogen-bond acceptors (Lipinski definition) is 3. The first-order chi connectivity index (χ1) is 8.22. The van der Waals surface area contributed by atoms with E-state index in [1.54, 1.807) is 0 Å². The molecule has 0 aromatic rings. The molecule has 2 aliphatic rings. The van der Waals surface area contributed by atoms with Gasteiger partial charge in [-0.2, -0.15) is 0 Å². The number of carbonyl (C=O) groups excluding carboxylic acids is 1. The minimum Gasteiger partial charge on any atom is -0.342 e. The number of nitrogens with zero attached hydrogens (tertiary/aromatic N) is 2. The van der Waals surface area contributed by atoms with Crippen LogP contribution in [0.5, 0.6) is 0 Å². The third-order valence-electron chi connectivity index (χ3n) is 4.02. The summed E-state index contributed by atoms with van der Waals surface area (Å²) in [5.74, 6) is 0.301. The van der Waals surface area contributed by atoms with Gasteiger partial charge < -0.3 is 10.2 Å². The van der Waals surface area contributed by atoms with Gasteiger partial charge in [0.25, 0.3) is 0 Å². The molecule has 4 heteroatoms. The first kappa shape index (κ1) is 12.8. The highest BCUT2D eigenvalue weighted by atomic mass is 16.2. The van der Waals surface area contributed by atoms with Gasteiger partial charge >= 0.3 is 0 Å². The quantitative estimate of drug-likeness (QED) is 0.766. The number of likely N-dealkylation sites (N-methyl/N-ethyl adjacent to an activating group) is 2. The van der Waals surface area contributed by atoms with Crippen LogP contribution in [0.15, 0.2) is 0 Å². The van der Waals surface area contributed by atoms with E-state index in [-0.39, 0.29) is 0 Å². The molecule has 1 aliphatic carbocycles. The summed E-state index contributed by atoms with van der Waals surface area (Å²) in [6.07, 6.45) is 6.15. The molecule has 1 saturated carbocycles. The van der Waals surface area contributed by atoms with Gasteiger partial charge in [-0.25, -0.2) is 0 Å². The predicted molar refractivity (Wildman–Crippen MR) is 68.9 cm³/mol. The Labute approximate surface area is 104 Å². The molecule has 17 heavy (non-hydrogen) atoms. The van der Waals surface area contributed by atoms with Crippen LogP contribution in [-0.2, 0) is 4.79 Å². The Morgan fingerprint density at radius 3 is 2.76 bits per heavy atom. The molecule has 0 bridgehead atoms. The second kappa shape index (κ2) is 5.83. The second-order valence-electron chi connectivity index (χ2n) is 5.41. The molecule has 1 unspecified atom stereocenters. The largest absolute Gasteiger partial charge is 0.342 e. The lowest BCUT2D eigenvalue weighted by Gasteiger charge is -2.36. The van der Waals surface area contributed by atoms with E-state index < -0.39 is 0 Å². The van der Waals surface area contributed by atoms with Crippen LogP contribution in [0, 0.1) is 0 Å². The minimum atomic E-state index is 0.301. The molecule has 1 atom stereocenters. The van der Waals surface area contributed by atoms with Gasteiger partial charge in [0.1, 0.15) is 0 Å². The molecule has 1 aliphatic heterocycles. The fraction of sp³-hybridized carbons (Fsp3) is 0.923. The van der Waals surface area contributed by atoms with Gasteiger partial charge in [0, 0.05) is 25.7 Å². The van der Waals surface area contributed by atoms with Crippen molar-refractivity contribution in [3.8, 4) is 0 Å². The summed E-state index contributed by atoms with van der Waals surface area (Å²) >= 11 is 0. The lowest BCUT2D eigenvalue weighted by Crippen LogP contribution is -2.49. The topological polar surface area (TPSA) is 35.6 Å². The zero-order valence-corrected chi connectivity index (χ0v) is 11.1. The first-order valence-electron chi connectivity index (χ1n) is 6.86. The smallest absolute Gasteiger partial charge is 0.236 e. The fourth-order valence-electron chi connectivity index (χ4n) is 2.69. The van der Waals surface area contributed by atoms with E-state index in [0.29, 0.717) is 24.5 Å². The molecule has 1 N–H and O–H groups in total. The van der Waals surface area contributed by atoms with Gasteiger partial charge in [0.05, 0.1) is 6.54 Å². The van der Waals surface area contributed by atoms with E-state index in [1.807, 2.05) is 19.0 Å². The molecule has 1 heterocycles. The predicted octanol–water partition coefficient (Wildman–Crippen LogP) is 0.681. The van der Waals surface area contributed by atoms with Crippen molar-refractivity contribution in [2.45, 2.75) is 44.2 Å². The summed E-state index contributed by atoms with van der Waals surface area (Å²) in [6.45, 7) is 2.69. The van der Waals surface area contributed by atoms with Crippen molar-refractivity contribution < 1.29 is 4.79 Å². The van der Waals surface area contributed by atoms with Crippen LogP contribution in [0.25, 0.3) is 0 Å². The number of carbonyl (C=O) groups is 1. The van der Waals surface area contributed by atoms with Crippen LogP contribution in [0.3, 0.4) is 0 Å². The van der Waals surface area contributed by atoms with Gasteiger partial charge in [0.2, 0.25) is 5.91 Å². The van der Waals surface area contributed by atoms with Gasteiger partial charge in [-0.3, -0.25) is 9.69 Å². The Morgan fingerprint density at radius 2 is 2.12 bits per heavy atom. The molecule has 2 fully saturated rings. The Morgan fingerprint density at radius 1 is 1.35 bits per heavy atom. The molecule has 98 valence electrons. The third kappa shape index (κ3) is 3.42. The number of nitrogens with one attached hydrogen (secondary N) is 1. The van der Waals surface area contributed by atoms with E-state index >= 15 is 0 Å². The van der Waals surface area contributed by atoms with E-state index in [0.717, 1.165) is 13.1 Å². The average molecular weight is 239 g/mol. The lowest BCUT2D eigenvalue weighted by molar-refractivity contribution is -0.132. The normalized spacial score (nSPS) is 25.9. The van der Waals surface area contributed by atoms with Crippen LogP contribution in [0.4, 0.5) is 0 Å². The lowest BCUT2D eigenvalue weighted by atomic mass is 10.0. The fourth-order valence-corrected chi connectivity index (χ4v) is 2.69. The molecule has 2 rings (SSSR count). The van der Waals surface area contributed by atoms with Gasteiger partial charge in [-0.05, 0) is 39.3 Å². The Hall–Kier alpha value is -0.610. The number of rotatable bonds is 5. The van der Waals surface area contributed by atoms with Gasteiger partial charge in [0.15, 0.2) is 0 Å². The number of likely N-dealkylation sites (tertiary alicyclic amines) is 1. The highest BCUT2D eigenvalue weighted by Gasteiger charge is 2.31. The summed E-state index contributed by atoms with van der Waals surface area (Å²) in [5, 5.41) is 3.24. The van der Waals surface area contributed by atoms with Crippen LogP contribution in [0.1, 0.15) is 32.1 Å². The highest BCUT2D eigenvalue weighted by Crippen LogP contribution is 2.26. The molecule has 0 radical (unpaired) electrons. The Balaban J connectivity index is 1.83. The van der Waals surface area contributed by atoms with Crippen molar-refractivity contribution in [1.29, 1.82) is 0 Å². The standard InChI is InChI=1S/C13H25N3O/c1-14-9-12-5-3-4-8-16(12)10-13(17)15(2)11-6-7-11/h11-12,14H,3-10H2,1-2H3. The molecule has 0 aromatic heterocycles. The van der Waals surface area contributed by atoms with Crippen molar-refractivity contribution >= 4 is 5.91 Å². The highest BCUT2D eigenvalue weighted by molar-refractivity contribution is 5.78. The van der Waals surface area contributed by atoms with Crippen molar-refractivity contribution in [2.75, 3.05) is 33.7 Å². The van der Waals surface area contributed by atoms with E-state index in [2.05, 4.69) is 10.2 Å². The average Bonchev–Trinajstić information content (AvgIpc) is 3.15. The van der Waals surface area contributed by atoms with Crippen LogP contribution in [-0.4, -0.2) is 61.5 Å². The van der Waals surface area contributed by atoms with Gasteiger partial charge in [-0.15, -0.1) is 0 Å². The number of amides is 1. The molecule has 4 nitrogen and oxygen atoms in total. The number of piperidine rings is 1. The Kier molecular flexibility index (Phi) is 4.40. The van der Waals surface area contributed by atoms with Crippen molar-refractivity contribution in [3.63, 3.8) is 0 Å². The molecular formula is C13H25N3O. The molecule has 1 saturated heterocycles. The maximum atomic E-state index is 12.1. The van der Waals surface area contributed by atoms with Crippen LogP contribution in [0.2, 0.25) is 0 Å². The molecular weight excluding hydrogens is 214 g/mol. The molecule has 1 amide bonds. The molecule has 0 aromatic carbocycles. The monoisotopic (exact) mass is 239 g/mol. The van der Waals surface area contributed by atoms with E-state index in [4.69, 9.17) is 0 Å². The SMILES string of the molecule is CNCC1CCCCN1CC(=O)N(C)C1CC1. The van der Waals surface area contributed by atoms with Crippen molar-refractivity contribution in [3.05, 3.63) is 0 Å². The summed E-state index contributed by atoms with van der Waals surface area (Å²) in [6, 6.07) is 1.08. The van der Waals surface area contributed by atoms with E-state index in [1.165, 1.54) is 32.1 Å². The maximum Gasteiger partial charge on any atom is 0.236 e. The summed E-state index contributed by atoms with van der Waals surface area (Å²) in [5.41, 5.74) is 0. The summed E-state index contributed by atoms with van der Waals surface area (Å²) in [4.78, 5) is 16.4. The zero-order chi connectivity index (χ0) is 12.3. The summed E-state index contributed by atoms with van der Waals surface area (Å²) in [7, 11) is 3.95. The van der Waals surface area contributed by atoms with E-state index in [9.17, 15) is 4.79 Å². The van der Waals surface area contributed by atoms with Crippen LogP contribution < -0.4 is 5.32 Å². The molecule has 0 spiro atoms. The Bertz CT molecular complexity index is 263. The second-order valence-corrected chi connectivity index (χ2v) is 5.41. The van der Waals surface area contributed by atoms with Crippen molar-refractivity contribution in [1.82, 2.24) is 15.1 Å². The summed E-state index contributed by atoms with van der Waals surface area (Å²) < 4.78 is 0. The first-order valence-corrected chi connectivity index (χ1v) is 6.86. The number of hydrogen-bond donors (Lipinski definition) is 1. The van der Waals surface area contributed by atoms with Crippen molar-refractivity contribution in [2.24, 2.45) is 0 Å². The van der Waals surface area contributed by atoms with Crippen LogP contribution >= 0.6 is 0 Å². The minimum absolute atomic E-state index is 0.301.